The van der Waals surface area contributed by atoms with Crippen LogP contribution in [0.3, 0.4) is 0 Å². The van der Waals surface area contributed by atoms with Crippen LogP contribution in [-0.4, -0.2) is 60.7 Å². The molecule has 0 aliphatic heterocycles. The summed E-state index contributed by atoms with van der Waals surface area (Å²) >= 11 is 0. The lowest BCUT2D eigenvalue weighted by Gasteiger charge is -2.48. The number of rotatable bonds is 12. The number of imidazole rings is 1. The number of Topliss-reactive ketones (excluding diaryl/α,β-unsaturated/α-hetero) is 1. The number of halogens is 1. The van der Waals surface area contributed by atoms with E-state index in [4.69, 9.17) is 9.72 Å². The number of quaternary nitrogens is 1. The first-order valence-corrected chi connectivity index (χ1v) is 14.1. The molecule has 1 aliphatic rings. The molecule has 1 heterocycles. The van der Waals surface area contributed by atoms with E-state index in [1.165, 1.54) is 11.1 Å². The van der Waals surface area contributed by atoms with Gasteiger partial charge in [0.05, 0.1) is 38.2 Å². The van der Waals surface area contributed by atoms with Crippen LogP contribution >= 0.6 is 0 Å². The fourth-order valence-electron chi connectivity index (χ4n) is 6.92. The van der Waals surface area contributed by atoms with Gasteiger partial charge in [0, 0.05) is 39.8 Å². The van der Waals surface area contributed by atoms with Gasteiger partial charge in [-0.15, -0.1) is 0 Å². The van der Waals surface area contributed by atoms with Crippen LogP contribution in [0.15, 0.2) is 42.5 Å². The van der Waals surface area contributed by atoms with Crippen molar-refractivity contribution >= 4 is 16.8 Å². The minimum Gasteiger partial charge on any atom is -0.377 e. The monoisotopic (exact) mass is 522 g/mol. The summed E-state index contributed by atoms with van der Waals surface area (Å²) in [5.74, 6) is 1.68. The van der Waals surface area contributed by atoms with E-state index in [0.717, 1.165) is 66.6 Å². The van der Waals surface area contributed by atoms with Gasteiger partial charge in [0.25, 0.3) is 0 Å². The Morgan fingerprint density at radius 1 is 1.21 bits per heavy atom. The highest BCUT2D eigenvalue weighted by atomic mass is 19.1. The van der Waals surface area contributed by atoms with Gasteiger partial charge in [0.15, 0.2) is 5.78 Å². The Kier molecular flexibility index (Phi) is 8.73. The number of aromatic nitrogens is 2. The van der Waals surface area contributed by atoms with Gasteiger partial charge in [-0.1, -0.05) is 32.0 Å². The van der Waals surface area contributed by atoms with Gasteiger partial charge in [0.2, 0.25) is 0 Å². The molecule has 1 unspecified atom stereocenters. The maximum atomic E-state index is 14.1. The summed E-state index contributed by atoms with van der Waals surface area (Å²) in [6, 6.07) is 13.6. The van der Waals surface area contributed by atoms with Crippen molar-refractivity contribution in [3.63, 3.8) is 0 Å². The number of ether oxygens (including phenoxy) is 1. The number of benzene rings is 2. The molecule has 206 valence electrons. The third-order valence-electron chi connectivity index (χ3n) is 8.77. The van der Waals surface area contributed by atoms with E-state index >= 15 is 0 Å². The summed E-state index contributed by atoms with van der Waals surface area (Å²) in [4.78, 5) is 17.9. The van der Waals surface area contributed by atoms with Crippen molar-refractivity contribution in [2.45, 2.75) is 58.3 Å². The maximum absolute atomic E-state index is 14.1. The van der Waals surface area contributed by atoms with Crippen LogP contribution in [0.4, 0.5) is 4.39 Å². The van der Waals surface area contributed by atoms with Crippen LogP contribution < -0.4 is 0 Å². The number of ketones is 1. The highest BCUT2D eigenvalue weighted by molar-refractivity contribution is 5.80. The summed E-state index contributed by atoms with van der Waals surface area (Å²) in [5, 5.41) is 0. The molecule has 2 aromatic carbocycles. The molecule has 0 spiro atoms. The molecule has 4 rings (SSSR count). The van der Waals surface area contributed by atoms with Gasteiger partial charge < -0.3 is 13.8 Å². The maximum Gasteiger partial charge on any atom is 0.159 e. The molecule has 0 saturated carbocycles. The van der Waals surface area contributed by atoms with Crippen molar-refractivity contribution in [2.24, 2.45) is 18.4 Å². The second kappa shape index (κ2) is 11.7. The number of fused-ring (bicyclic) bond motifs is 2. The Balaban J connectivity index is 1.50. The Bertz CT molecular complexity index is 1260. The lowest BCUT2D eigenvalue weighted by molar-refractivity contribution is -0.891. The molecule has 0 amide bonds. The zero-order valence-corrected chi connectivity index (χ0v) is 24.1. The third-order valence-corrected chi connectivity index (χ3v) is 8.77. The molecular weight excluding hydrogens is 477 g/mol. The van der Waals surface area contributed by atoms with Gasteiger partial charge in [-0.3, -0.25) is 4.79 Å². The van der Waals surface area contributed by atoms with Crippen LogP contribution in [0, 0.1) is 17.2 Å². The van der Waals surface area contributed by atoms with Gasteiger partial charge in [0.1, 0.15) is 18.2 Å². The molecule has 0 bridgehead atoms. The van der Waals surface area contributed by atoms with Crippen molar-refractivity contribution in [3.05, 3.63) is 65.2 Å². The van der Waals surface area contributed by atoms with E-state index in [-0.39, 0.29) is 29.5 Å². The number of hydrogen-bond donors (Lipinski definition) is 0. The molecule has 38 heavy (non-hydrogen) atoms. The molecule has 0 N–H and O–H groups in total. The molecule has 0 radical (unpaired) electrons. The number of aryl methyl sites for hydroxylation is 3. The number of hydrogen-bond acceptors (Lipinski definition) is 3. The summed E-state index contributed by atoms with van der Waals surface area (Å²) in [7, 11) is 8.30. The van der Waals surface area contributed by atoms with Crippen LogP contribution in [0.5, 0.6) is 0 Å². The molecule has 5 nitrogen and oxygen atoms in total. The SMILES string of the molecule is COCC(=O)C[C@]1(CC[N+](C)(C)CCCc2nc3ccccc3n2C)CCc2cc(F)ccc2C1C(C)C. The van der Waals surface area contributed by atoms with Crippen LogP contribution in [0.1, 0.15) is 62.4 Å². The zero-order chi connectivity index (χ0) is 27.5. The first-order valence-electron chi connectivity index (χ1n) is 14.1. The molecule has 6 heteroatoms. The van der Waals surface area contributed by atoms with Gasteiger partial charge in [-0.25, -0.2) is 9.37 Å². The van der Waals surface area contributed by atoms with Crippen molar-refractivity contribution in [3.8, 4) is 0 Å². The standard InChI is InChI=1S/C32H45FN3O2/c1-23(2)31-27-14-13-25(33)20-24(27)15-16-32(31,21-26(37)22-38-6)17-19-36(4,5)18-9-12-30-34-28-10-7-8-11-29(28)35(30)3/h7-8,10-11,13-14,20,23,31H,9,12,15-19,21-22H2,1-6H3/q+1/t31?,32-/m1/s1. The number of methoxy groups -OCH3 is 1. The second-order valence-electron chi connectivity index (χ2n) is 12.4. The van der Waals surface area contributed by atoms with Gasteiger partial charge in [-0.2, -0.15) is 0 Å². The average Bonchev–Trinajstić information content (AvgIpc) is 3.18. The van der Waals surface area contributed by atoms with E-state index in [1.807, 2.05) is 12.1 Å². The summed E-state index contributed by atoms with van der Waals surface area (Å²) in [5.41, 5.74) is 4.41. The molecule has 1 aliphatic carbocycles. The van der Waals surface area contributed by atoms with Crippen LogP contribution in [0.25, 0.3) is 11.0 Å². The normalized spacial score (nSPS) is 19.7. The molecule has 1 aromatic heterocycles. The topological polar surface area (TPSA) is 44.1 Å². The number of para-hydroxylation sites is 2. The lowest BCUT2D eigenvalue weighted by Crippen LogP contribution is -2.47. The quantitative estimate of drug-likeness (QED) is 0.271. The third kappa shape index (κ3) is 6.18. The van der Waals surface area contributed by atoms with Crippen molar-refractivity contribution < 1.29 is 18.4 Å². The first-order chi connectivity index (χ1) is 18.0. The van der Waals surface area contributed by atoms with Crippen LogP contribution in [0.2, 0.25) is 0 Å². The van der Waals surface area contributed by atoms with Gasteiger partial charge in [-0.05, 0) is 65.5 Å². The minimum atomic E-state index is -0.173. The predicted molar refractivity (Wildman–Crippen MR) is 152 cm³/mol. The van der Waals surface area contributed by atoms with E-state index in [1.54, 1.807) is 19.2 Å². The average molecular weight is 523 g/mol. The Labute approximate surface area is 227 Å². The molecule has 0 fully saturated rings. The highest BCUT2D eigenvalue weighted by Gasteiger charge is 2.46. The van der Waals surface area contributed by atoms with Crippen molar-refractivity contribution in [1.82, 2.24) is 9.55 Å². The largest absolute Gasteiger partial charge is 0.377 e. The smallest absolute Gasteiger partial charge is 0.159 e. The van der Waals surface area contributed by atoms with E-state index < -0.39 is 0 Å². The van der Waals surface area contributed by atoms with Crippen LogP contribution in [-0.2, 0) is 29.4 Å². The minimum absolute atomic E-state index is 0.151. The van der Waals surface area contributed by atoms with Gasteiger partial charge >= 0.3 is 0 Å². The van der Waals surface area contributed by atoms with E-state index in [2.05, 4.69) is 57.8 Å². The van der Waals surface area contributed by atoms with E-state index in [9.17, 15) is 9.18 Å². The number of carbonyl (C=O) groups is 1. The lowest BCUT2D eigenvalue weighted by atomic mass is 9.57. The Hall–Kier alpha value is -2.57. The fraction of sp³-hybridized carbons (Fsp3) is 0.562. The Morgan fingerprint density at radius 2 is 1.97 bits per heavy atom. The molecular formula is C32H45FN3O2+. The molecule has 0 saturated heterocycles. The highest BCUT2D eigenvalue weighted by Crippen LogP contribution is 2.54. The number of nitrogens with zero attached hydrogens (tertiary/aromatic N) is 3. The zero-order valence-electron chi connectivity index (χ0n) is 24.1. The summed E-state index contributed by atoms with van der Waals surface area (Å²) < 4.78 is 22.4. The summed E-state index contributed by atoms with van der Waals surface area (Å²) in [6.45, 7) is 6.67. The first kappa shape index (κ1) is 28.4. The predicted octanol–water partition coefficient (Wildman–Crippen LogP) is 6.09. The Morgan fingerprint density at radius 3 is 2.68 bits per heavy atom. The van der Waals surface area contributed by atoms with E-state index in [0.29, 0.717) is 12.3 Å². The second-order valence-corrected chi connectivity index (χ2v) is 12.4. The molecule has 3 aromatic rings. The van der Waals surface area contributed by atoms with Crippen molar-refractivity contribution in [2.75, 3.05) is 40.9 Å². The van der Waals surface area contributed by atoms with Crippen molar-refractivity contribution in [1.29, 1.82) is 0 Å². The number of carbonyl (C=O) groups excluding carboxylic acids is 1. The summed E-state index contributed by atoms with van der Waals surface area (Å²) in [6.07, 6.45) is 5.19. The fourth-order valence-corrected chi connectivity index (χ4v) is 6.92. The molecule has 2 atom stereocenters.